The standard InChI is InChI=1S/C13H14ClNO/c1-9-3-4-10(2)15(9)13(16)11-5-7-12(14)8-6-11/h3-10H,1-2H3. The molecular formula is C13H14ClNO. The number of rotatable bonds is 1. The van der Waals surface area contributed by atoms with Crippen molar-refractivity contribution >= 4 is 17.5 Å². The van der Waals surface area contributed by atoms with Gasteiger partial charge in [-0.25, -0.2) is 0 Å². The molecule has 0 aromatic heterocycles. The van der Waals surface area contributed by atoms with Crippen LogP contribution in [0.5, 0.6) is 0 Å². The number of carbonyl (C=O) groups is 1. The monoisotopic (exact) mass is 235 g/mol. The summed E-state index contributed by atoms with van der Waals surface area (Å²) in [5.74, 6) is 0.0571. The van der Waals surface area contributed by atoms with E-state index in [-0.39, 0.29) is 18.0 Å². The molecule has 0 aliphatic carbocycles. The highest BCUT2D eigenvalue weighted by Gasteiger charge is 2.27. The predicted molar refractivity (Wildman–Crippen MR) is 65.7 cm³/mol. The third kappa shape index (κ3) is 1.98. The van der Waals surface area contributed by atoms with Gasteiger partial charge in [-0.05, 0) is 38.1 Å². The number of carbonyl (C=O) groups excluding carboxylic acids is 1. The van der Waals surface area contributed by atoms with Crippen molar-refractivity contribution in [3.05, 3.63) is 47.0 Å². The SMILES string of the molecule is CC1C=CC(C)N1C(=O)c1ccc(Cl)cc1. The lowest BCUT2D eigenvalue weighted by atomic mass is 10.1. The normalized spacial score (nSPS) is 23.8. The molecule has 0 N–H and O–H groups in total. The predicted octanol–water partition coefficient (Wildman–Crippen LogP) is 3.13. The first-order valence-corrected chi connectivity index (χ1v) is 5.74. The molecular weight excluding hydrogens is 222 g/mol. The molecule has 16 heavy (non-hydrogen) atoms. The molecule has 0 bridgehead atoms. The van der Waals surface area contributed by atoms with Gasteiger partial charge in [0, 0.05) is 22.7 Å². The molecule has 2 unspecified atom stereocenters. The van der Waals surface area contributed by atoms with E-state index in [1.165, 1.54) is 0 Å². The third-order valence-corrected chi connectivity index (χ3v) is 3.12. The van der Waals surface area contributed by atoms with Crippen molar-refractivity contribution in [2.75, 3.05) is 0 Å². The summed E-state index contributed by atoms with van der Waals surface area (Å²) in [6, 6.07) is 7.35. The largest absolute Gasteiger partial charge is 0.326 e. The Balaban J connectivity index is 2.22. The van der Waals surface area contributed by atoms with E-state index in [0.717, 1.165) is 0 Å². The van der Waals surface area contributed by atoms with Gasteiger partial charge in [0.2, 0.25) is 0 Å². The second kappa shape index (κ2) is 4.30. The molecule has 3 heteroatoms. The fraction of sp³-hybridized carbons (Fsp3) is 0.308. The van der Waals surface area contributed by atoms with Gasteiger partial charge >= 0.3 is 0 Å². The summed E-state index contributed by atoms with van der Waals surface area (Å²) in [5.41, 5.74) is 0.687. The molecule has 0 saturated carbocycles. The van der Waals surface area contributed by atoms with Crippen LogP contribution in [-0.2, 0) is 0 Å². The van der Waals surface area contributed by atoms with Gasteiger partial charge in [-0.1, -0.05) is 23.8 Å². The first-order valence-electron chi connectivity index (χ1n) is 5.36. The van der Waals surface area contributed by atoms with E-state index in [2.05, 4.69) is 12.2 Å². The summed E-state index contributed by atoms with van der Waals surface area (Å²) in [4.78, 5) is 14.1. The van der Waals surface area contributed by atoms with Crippen molar-refractivity contribution in [1.82, 2.24) is 4.90 Å². The second-order valence-corrected chi connectivity index (χ2v) is 4.52. The van der Waals surface area contributed by atoms with Gasteiger partial charge in [0.15, 0.2) is 0 Å². The van der Waals surface area contributed by atoms with Crippen LogP contribution in [0.3, 0.4) is 0 Å². The van der Waals surface area contributed by atoms with E-state index in [1.54, 1.807) is 24.3 Å². The van der Waals surface area contributed by atoms with Crippen LogP contribution in [0.1, 0.15) is 24.2 Å². The highest BCUT2D eigenvalue weighted by molar-refractivity contribution is 6.30. The molecule has 1 aliphatic rings. The van der Waals surface area contributed by atoms with Gasteiger partial charge in [0.25, 0.3) is 5.91 Å². The molecule has 1 aromatic carbocycles. The van der Waals surface area contributed by atoms with Gasteiger partial charge < -0.3 is 4.90 Å². The van der Waals surface area contributed by atoms with Gasteiger partial charge in [0.1, 0.15) is 0 Å². The van der Waals surface area contributed by atoms with Crippen LogP contribution in [0.25, 0.3) is 0 Å². The Hall–Kier alpha value is -1.28. The highest BCUT2D eigenvalue weighted by atomic mass is 35.5. The molecule has 0 saturated heterocycles. The summed E-state index contributed by atoms with van der Waals surface area (Å²) >= 11 is 5.80. The maximum Gasteiger partial charge on any atom is 0.254 e. The quantitative estimate of drug-likeness (QED) is 0.685. The maximum absolute atomic E-state index is 12.2. The Morgan fingerprint density at radius 1 is 1.12 bits per heavy atom. The average molecular weight is 236 g/mol. The summed E-state index contributed by atoms with van der Waals surface area (Å²) < 4.78 is 0. The van der Waals surface area contributed by atoms with E-state index in [0.29, 0.717) is 10.6 Å². The average Bonchev–Trinajstić information content (AvgIpc) is 2.59. The van der Waals surface area contributed by atoms with Crippen molar-refractivity contribution in [2.45, 2.75) is 25.9 Å². The first kappa shape index (κ1) is 11.2. The zero-order chi connectivity index (χ0) is 11.7. The van der Waals surface area contributed by atoms with E-state index in [1.807, 2.05) is 18.7 Å². The van der Waals surface area contributed by atoms with E-state index in [4.69, 9.17) is 11.6 Å². The Bertz CT molecular complexity index is 412. The maximum atomic E-state index is 12.2. The van der Waals surface area contributed by atoms with Gasteiger partial charge in [-0.3, -0.25) is 4.79 Å². The smallest absolute Gasteiger partial charge is 0.254 e. The fourth-order valence-electron chi connectivity index (χ4n) is 1.99. The van der Waals surface area contributed by atoms with Crippen molar-refractivity contribution in [3.63, 3.8) is 0 Å². The summed E-state index contributed by atoms with van der Waals surface area (Å²) in [6.45, 7) is 4.04. The van der Waals surface area contributed by atoms with Crippen LogP contribution in [-0.4, -0.2) is 22.9 Å². The zero-order valence-electron chi connectivity index (χ0n) is 9.35. The van der Waals surface area contributed by atoms with Crippen LogP contribution in [0.15, 0.2) is 36.4 Å². The van der Waals surface area contributed by atoms with Crippen molar-refractivity contribution in [1.29, 1.82) is 0 Å². The Morgan fingerprint density at radius 2 is 1.62 bits per heavy atom. The minimum atomic E-state index is 0.0571. The number of hydrogen-bond donors (Lipinski definition) is 0. The van der Waals surface area contributed by atoms with Crippen molar-refractivity contribution in [2.24, 2.45) is 0 Å². The van der Waals surface area contributed by atoms with E-state index < -0.39 is 0 Å². The lowest BCUT2D eigenvalue weighted by Crippen LogP contribution is -2.39. The molecule has 0 radical (unpaired) electrons. The zero-order valence-corrected chi connectivity index (χ0v) is 10.1. The van der Waals surface area contributed by atoms with Crippen LogP contribution in [0.2, 0.25) is 5.02 Å². The van der Waals surface area contributed by atoms with E-state index in [9.17, 15) is 4.79 Å². The van der Waals surface area contributed by atoms with Gasteiger partial charge in [-0.15, -0.1) is 0 Å². The number of hydrogen-bond acceptors (Lipinski definition) is 1. The number of halogens is 1. The molecule has 1 amide bonds. The Morgan fingerprint density at radius 3 is 2.12 bits per heavy atom. The lowest BCUT2D eigenvalue weighted by molar-refractivity contribution is 0.0709. The molecule has 1 heterocycles. The topological polar surface area (TPSA) is 20.3 Å². The lowest BCUT2D eigenvalue weighted by Gasteiger charge is -2.26. The number of benzene rings is 1. The van der Waals surface area contributed by atoms with Gasteiger partial charge in [0.05, 0.1) is 0 Å². The van der Waals surface area contributed by atoms with Crippen LogP contribution in [0.4, 0.5) is 0 Å². The number of amides is 1. The molecule has 84 valence electrons. The molecule has 0 fully saturated rings. The van der Waals surface area contributed by atoms with Crippen LogP contribution >= 0.6 is 11.6 Å². The van der Waals surface area contributed by atoms with E-state index >= 15 is 0 Å². The fourth-order valence-corrected chi connectivity index (χ4v) is 2.12. The molecule has 2 atom stereocenters. The minimum Gasteiger partial charge on any atom is -0.326 e. The molecule has 1 aliphatic heterocycles. The van der Waals surface area contributed by atoms with Crippen LogP contribution in [0, 0.1) is 0 Å². The first-order chi connectivity index (χ1) is 7.59. The molecule has 0 spiro atoms. The third-order valence-electron chi connectivity index (χ3n) is 2.87. The summed E-state index contributed by atoms with van der Waals surface area (Å²) in [6.07, 6.45) is 4.11. The van der Waals surface area contributed by atoms with Gasteiger partial charge in [-0.2, -0.15) is 0 Å². The second-order valence-electron chi connectivity index (χ2n) is 4.09. The van der Waals surface area contributed by atoms with Crippen molar-refractivity contribution < 1.29 is 4.79 Å². The minimum absolute atomic E-state index is 0.0571. The number of nitrogens with zero attached hydrogens (tertiary/aromatic N) is 1. The molecule has 2 nitrogen and oxygen atoms in total. The van der Waals surface area contributed by atoms with Crippen molar-refractivity contribution in [3.8, 4) is 0 Å². The Kier molecular flexibility index (Phi) is 3.01. The highest BCUT2D eigenvalue weighted by Crippen LogP contribution is 2.20. The molecule has 2 rings (SSSR count). The summed E-state index contributed by atoms with van der Waals surface area (Å²) in [7, 11) is 0. The van der Waals surface area contributed by atoms with Crippen LogP contribution < -0.4 is 0 Å². The summed E-state index contributed by atoms with van der Waals surface area (Å²) in [5, 5.41) is 0.650. The molecule has 1 aromatic rings. The Labute approximate surface area is 101 Å².